The Hall–Kier alpha value is -0.130. The van der Waals surface area contributed by atoms with Gasteiger partial charge in [-0.15, -0.1) is 0 Å². The number of likely N-dealkylation sites (tertiary alicyclic amines) is 1. The first-order chi connectivity index (χ1) is 8.05. The Balaban J connectivity index is 1.67. The summed E-state index contributed by atoms with van der Waals surface area (Å²) in [5.41, 5.74) is 6.19. The molecule has 5 heteroatoms. The molecule has 2 aliphatic heterocycles. The van der Waals surface area contributed by atoms with Crippen molar-refractivity contribution < 1.29 is 8.42 Å². The molecule has 0 amide bonds. The van der Waals surface area contributed by atoms with E-state index in [9.17, 15) is 8.42 Å². The van der Waals surface area contributed by atoms with Gasteiger partial charge in [-0.1, -0.05) is 6.42 Å². The van der Waals surface area contributed by atoms with Crippen LogP contribution in [0, 0.1) is 11.8 Å². The van der Waals surface area contributed by atoms with Crippen LogP contribution in [0.4, 0.5) is 0 Å². The Labute approximate surface area is 103 Å². The molecule has 2 saturated heterocycles. The molecule has 0 aromatic rings. The molecule has 1 saturated carbocycles. The lowest BCUT2D eigenvalue weighted by Crippen LogP contribution is -2.39. The van der Waals surface area contributed by atoms with E-state index in [0.29, 0.717) is 23.5 Å². The fourth-order valence-corrected chi connectivity index (χ4v) is 5.67. The van der Waals surface area contributed by atoms with E-state index in [1.54, 1.807) is 0 Å². The normalized spacial score (nSPS) is 45.9. The summed E-state index contributed by atoms with van der Waals surface area (Å²) in [4.78, 5) is 2.41. The molecule has 0 aromatic carbocycles. The monoisotopic (exact) mass is 258 g/mol. The summed E-state index contributed by atoms with van der Waals surface area (Å²) in [6.45, 7) is 2.12. The maximum absolute atomic E-state index is 11.5. The van der Waals surface area contributed by atoms with Gasteiger partial charge in [-0.3, -0.25) is 4.90 Å². The number of nitrogens with two attached hydrogens (primary N) is 1. The molecule has 3 rings (SSSR count). The summed E-state index contributed by atoms with van der Waals surface area (Å²) in [6, 6.07) is 0.620. The highest BCUT2D eigenvalue weighted by atomic mass is 32.2. The van der Waals surface area contributed by atoms with E-state index >= 15 is 0 Å². The van der Waals surface area contributed by atoms with Crippen molar-refractivity contribution in [2.24, 2.45) is 17.6 Å². The Kier molecular flexibility index (Phi) is 2.96. The number of sulfone groups is 1. The van der Waals surface area contributed by atoms with Crippen molar-refractivity contribution in [1.82, 2.24) is 4.90 Å². The molecule has 4 unspecified atom stereocenters. The summed E-state index contributed by atoms with van der Waals surface area (Å²) in [5, 5.41) is 0. The van der Waals surface area contributed by atoms with E-state index in [1.807, 2.05) is 0 Å². The van der Waals surface area contributed by atoms with Crippen molar-refractivity contribution in [2.75, 3.05) is 24.6 Å². The van der Waals surface area contributed by atoms with Crippen molar-refractivity contribution in [3.8, 4) is 0 Å². The van der Waals surface area contributed by atoms with E-state index in [-0.39, 0.29) is 6.04 Å². The van der Waals surface area contributed by atoms with Crippen molar-refractivity contribution in [2.45, 2.75) is 37.8 Å². The fourth-order valence-electron chi connectivity index (χ4n) is 3.91. The first-order valence-corrected chi connectivity index (χ1v) is 8.57. The fraction of sp³-hybridized carbons (Fsp3) is 1.00. The molecule has 2 heterocycles. The molecule has 1 aliphatic carbocycles. The van der Waals surface area contributed by atoms with Gasteiger partial charge in [0.2, 0.25) is 0 Å². The largest absolute Gasteiger partial charge is 0.327 e. The Bertz CT molecular complexity index is 395. The van der Waals surface area contributed by atoms with Crippen molar-refractivity contribution in [3.63, 3.8) is 0 Å². The number of hydrogen-bond donors (Lipinski definition) is 1. The van der Waals surface area contributed by atoms with Gasteiger partial charge in [-0.2, -0.15) is 0 Å². The smallest absolute Gasteiger partial charge is 0.151 e. The number of rotatable bonds is 1. The molecule has 98 valence electrons. The zero-order valence-corrected chi connectivity index (χ0v) is 11.0. The minimum Gasteiger partial charge on any atom is -0.327 e. The molecule has 17 heavy (non-hydrogen) atoms. The zero-order chi connectivity index (χ0) is 12.0. The van der Waals surface area contributed by atoms with Gasteiger partial charge in [0, 0.05) is 25.2 Å². The molecule has 0 spiro atoms. The minimum atomic E-state index is -2.75. The average molecular weight is 258 g/mol. The first kappa shape index (κ1) is 11.9. The lowest BCUT2D eigenvalue weighted by molar-refractivity contribution is 0.246. The van der Waals surface area contributed by atoms with E-state index in [1.165, 1.54) is 12.8 Å². The second-order valence-corrected chi connectivity index (χ2v) is 8.26. The Morgan fingerprint density at radius 2 is 1.94 bits per heavy atom. The molecule has 0 bridgehead atoms. The van der Waals surface area contributed by atoms with Crippen molar-refractivity contribution in [1.29, 1.82) is 0 Å². The van der Waals surface area contributed by atoms with Crippen molar-refractivity contribution in [3.05, 3.63) is 0 Å². The molecule has 0 radical (unpaired) electrons. The van der Waals surface area contributed by atoms with Crippen LogP contribution in [0.3, 0.4) is 0 Å². The third-order valence-corrected chi connectivity index (χ3v) is 6.66. The van der Waals surface area contributed by atoms with Crippen molar-refractivity contribution >= 4 is 9.84 Å². The summed E-state index contributed by atoms with van der Waals surface area (Å²) in [6.07, 6.45) is 4.52. The van der Waals surface area contributed by atoms with Crippen LogP contribution in [0.5, 0.6) is 0 Å². The lowest BCUT2D eigenvalue weighted by atomic mass is 9.78. The van der Waals surface area contributed by atoms with Gasteiger partial charge in [-0.25, -0.2) is 8.42 Å². The van der Waals surface area contributed by atoms with E-state index in [2.05, 4.69) is 4.90 Å². The maximum atomic E-state index is 11.5. The minimum absolute atomic E-state index is 0.276. The maximum Gasteiger partial charge on any atom is 0.151 e. The summed E-state index contributed by atoms with van der Waals surface area (Å²) in [5.74, 6) is 2.10. The van der Waals surface area contributed by atoms with Crippen LogP contribution >= 0.6 is 0 Å². The Morgan fingerprint density at radius 1 is 1.12 bits per heavy atom. The molecule has 3 fully saturated rings. The van der Waals surface area contributed by atoms with Gasteiger partial charge in [-0.05, 0) is 31.1 Å². The van der Waals surface area contributed by atoms with Gasteiger partial charge >= 0.3 is 0 Å². The number of hydrogen-bond acceptors (Lipinski definition) is 4. The summed E-state index contributed by atoms with van der Waals surface area (Å²) in [7, 11) is -2.75. The highest BCUT2D eigenvalue weighted by Crippen LogP contribution is 2.37. The van der Waals surface area contributed by atoms with Gasteiger partial charge < -0.3 is 5.73 Å². The molecule has 4 atom stereocenters. The third kappa shape index (κ3) is 2.25. The van der Waals surface area contributed by atoms with Crippen LogP contribution < -0.4 is 5.73 Å². The predicted octanol–water partition coefficient (Wildman–Crippen LogP) is 0.233. The molecule has 2 N–H and O–H groups in total. The van der Waals surface area contributed by atoms with E-state index < -0.39 is 9.84 Å². The second kappa shape index (κ2) is 4.21. The van der Waals surface area contributed by atoms with Crippen LogP contribution in [-0.4, -0.2) is 50.0 Å². The SMILES string of the molecule is NC1CCCC2CN(C3CCS(=O)(=O)C3)CC12. The van der Waals surface area contributed by atoms with Gasteiger partial charge in [0.15, 0.2) is 9.84 Å². The zero-order valence-electron chi connectivity index (χ0n) is 10.2. The highest BCUT2D eigenvalue weighted by molar-refractivity contribution is 7.91. The van der Waals surface area contributed by atoms with Crippen LogP contribution in [0.15, 0.2) is 0 Å². The number of nitrogens with zero attached hydrogens (tertiary/aromatic N) is 1. The molecular formula is C12H22N2O2S. The average Bonchev–Trinajstić information content (AvgIpc) is 2.82. The van der Waals surface area contributed by atoms with Gasteiger partial charge in [0.05, 0.1) is 11.5 Å². The van der Waals surface area contributed by atoms with Crippen LogP contribution in [0.25, 0.3) is 0 Å². The lowest BCUT2D eigenvalue weighted by Gasteiger charge is -2.30. The molecular weight excluding hydrogens is 236 g/mol. The predicted molar refractivity (Wildman–Crippen MR) is 67.4 cm³/mol. The van der Waals surface area contributed by atoms with Gasteiger partial charge in [0.1, 0.15) is 0 Å². The number of fused-ring (bicyclic) bond motifs is 1. The topological polar surface area (TPSA) is 63.4 Å². The van der Waals surface area contributed by atoms with E-state index in [0.717, 1.165) is 31.8 Å². The quantitative estimate of drug-likeness (QED) is 0.731. The molecule has 4 nitrogen and oxygen atoms in total. The molecule has 0 aromatic heterocycles. The first-order valence-electron chi connectivity index (χ1n) is 6.75. The van der Waals surface area contributed by atoms with Crippen LogP contribution in [0.1, 0.15) is 25.7 Å². The Morgan fingerprint density at radius 3 is 2.59 bits per heavy atom. The molecule has 3 aliphatic rings. The van der Waals surface area contributed by atoms with Crippen LogP contribution in [-0.2, 0) is 9.84 Å². The summed E-state index contributed by atoms with van der Waals surface area (Å²) < 4.78 is 23.1. The van der Waals surface area contributed by atoms with E-state index in [4.69, 9.17) is 5.73 Å². The third-order valence-electron chi connectivity index (χ3n) is 4.91. The summed E-state index contributed by atoms with van der Waals surface area (Å²) >= 11 is 0. The van der Waals surface area contributed by atoms with Gasteiger partial charge in [0.25, 0.3) is 0 Å². The highest BCUT2D eigenvalue weighted by Gasteiger charge is 2.43. The van der Waals surface area contributed by atoms with Crippen LogP contribution in [0.2, 0.25) is 0 Å². The standard InChI is InChI=1S/C12H22N2O2S/c13-12-3-1-2-9-6-14(7-11(9)12)10-4-5-17(15,16)8-10/h9-12H,1-8,13H2. The second-order valence-electron chi connectivity index (χ2n) is 6.03.